The molecular weight excluding hydrogens is 230 g/mol. The molecule has 0 amide bonds. The molecule has 1 heteroatoms. The average molecular weight is 259 g/mol. The van der Waals surface area contributed by atoms with E-state index >= 15 is 0 Å². The van der Waals surface area contributed by atoms with E-state index in [0.29, 0.717) is 5.41 Å². The van der Waals surface area contributed by atoms with Gasteiger partial charge in [0.2, 0.25) is 0 Å². The molecule has 0 saturated carbocycles. The number of aryl methyl sites for hydroxylation is 1. The highest BCUT2D eigenvalue weighted by Gasteiger charge is 2.30. The minimum absolute atomic E-state index is 0.292. The zero-order valence-corrected chi connectivity index (χ0v) is 13.5. The molecule has 1 aliphatic carbocycles. The van der Waals surface area contributed by atoms with E-state index in [-0.39, 0.29) is 0 Å². The van der Waals surface area contributed by atoms with E-state index in [9.17, 15) is 0 Å². The van der Waals surface area contributed by atoms with Gasteiger partial charge in [-0.15, -0.1) is 0 Å². The molecule has 0 fully saturated rings. The second kappa shape index (κ2) is 8.75. The molecule has 106 valence electrons. The smallest absolute Gasteiger partial charge is 0.0991 e. The molecule has 1 aliphatic rings. The summed E-state index contributed by atoms with van der Waals surface area (Å²) in [4.78, 5) is 0. The number of fused-ring (bicyclic) bond motifs is 1. The Morgan fingerprint density at radius 2 is 1.84 bits per heavy atom. The molecule has 19 heavy (non-hydrogen) atoms. The quantitative estimate of drug-likeness (QED) is 0.642. The van der Waals surface area contributed by atoms with Gasteiger partial charge in [-0.3, -0.25) is 0 Å². The van der Waals surface area contributed by atoms with E-state index in [4.69, 9.17) is 5.26 Å². The van der Waals surface area contributed by atoms with E-state index in [2.05, 4.69) is 32.0 Å². The lowest BCUT2D eigenvalue weighted by Gasteiger charge is -2.35. The Hall–Kier alpha value is -1.29. The Labute approximate surface area is 119 Å². The van der Waals surface area contributed by atoms with E-state index in [0.717, 1.165) is 12.0 Å². The maximum absolute atomic E-state index is 8.93. The number of nitriles is 1. The SMILES string of the molecule is CC.CC.CCC1(C)CCCc2ccc(C#N)cc21. The Kier molecular flexibility index (Phi) is 8.16. The van der Waals surface area contributed by atoms with Crippen LogP contribution in [0.25, 0.3) is 0 Å². The first kappa shape index (κ1) is 17.7. The number of hydrogen-bond donors (Lipinski definition) is 0. The molecule has 0 aromatic heterocycles. The Morgan fingerprint density at radius 1 is 1.21 bits per heavy atom. The number of benzene rings is 1. The van der Waals surface area contributed by atoms with Crippen LogP contribution in [0.1, 0.15) is 77.5 Å². The monoisotopic (exact) mass is 259 g/mol. The zero-order valence-electron chi connectivity index (χ0n) is 13.5. The molecule has 0 spiro atoms. The standard InChI is InChI=1S/C14H17N.2C2H6/c1-3-14(2)8-4-5-12-7-6-11(10-15)9-13(12)14;2*1-2/h6-7,9H,3-5,8H2,1-2H3;2*1-2H3. The summed E-state index contributed by atoms with van der Waals surface area (Å²) in [5.41, 5.74) is 3.95. The summed E-state index contributed by atoms with van der Waals surface area (Å²) in [7, 11) is 0. The van der Waals surface area contributed by atoms with E-state index in [1.165, 1.54) is 30.4 Å². The van der Waals surface area contributed by atoms with Gasteiger partial charge in [0, 0.05) is 0 Å². The van der Waals surface area contributed by atoms with Crippen molar-refractivity contribution in [2.24, 2.45) is 0 Å². The largest absolute Gasteiger partial charge is 0.192 e. The molecule has 2 rings (SSSR count). The molecule has 1 aromatic carbocycles. The van der Waals surface area contributed by atoms with Crippen LogP contribution in [0.15, 0.2) is 18.2 Å². The van der Waals surface area contributed by atoms with Crippen LogP contribution >= 0.6 is 0 Å². The van der Waals surface area contributed by atoms with Crippen LogP contribution in [0.5, 0.6) is 0 Å². The highest BCUT2D eigenvalue weighted by molar-refractivity contribution is 5.43. The van der Waals surface area contributed by atoms with Gasteiger partial charge >= 0.3 is 0 Å². The lowest BCUT2D eigenvalue weighted by atomic mass is 9.69. The van der Waals surface area contributed by atoms with E-state index in [1.54, 1.807) is 0 Å². The third-order valence-electron chi connectivity index (χ3n) is 3.84. The van der Waals surface area contributed by atoms with Crippen molar-refractivity contribution in [2.45, 2.75) is 72.6 Å². The van der Waals surface area contributed by atoms with Crippen LogP contribution in [0.2, 0.25) is 0 Å². The van der Waals surface area contributed by atoms with Crippen molar-refractivity contribution in [3.8, 4) is 6.07 Å². The third-order valence-corrected chi connectivity index (χ3v) is 3.84. The summed E-state index contributed by atoms with van der Waals surface area (Å²) >= 11 is 0. The molecule has 1 atom stereocenters. The van der Waals surface area contributed by atoms with Crippen molar-refractivity contribution in [1.82, 2.24) is 0 Å². The summed E-state index contributed by atoms with van der Waals surface area (Å²) in [5.74, 6) is 0. The van der Waals surface area contributed by atoms with Crippen LogP contribution in [0, 0.1) is 11.3 Å². The fraction of sp³-hybridized carbons (Fsp3) is 0.611. The summed E-state index contributed by atoms with van der Waals surface area (Å²) in [6, 6.07) is 8.42. The van der Waals surface area contributed by atoms with Crippen molar-refractivity contribution in [3.05, 3.63) is 34.9 Å². The highest BCUT2D eigenvalue weighted by Crippen LogP contribution is 2.39. The van der Waals surface area contributed by atoms with E-state index < -0.39 is 0 Å². The average Bonchev–Trinajstić information content (AvgIpc) is 2.51. The van der Waals surface area contributed by atoms with Crippen molar-refractivity contribution in [2.75, 3.05) is 0 Å². The molecular formula is C18H29N. The predicted molar refractivity (Wildman–Crippen MR) is 84.4 cm³/mol. The number of nitrogens with zero attached hydrogens (tertiary/aromatic N) is 1. The highest BCUT2D eigenvalue weighted by atomic mass is 14.3. The van der Waals surface area contributed by atoms with Crippen molar-refractivity contribution < 1.29 is 0 Å². The van der Waals surface area contributed by atoms with Gasteiger partial charge in [-0.25, -0.2) is 0 Å². The van der Waals surface area contributed by atoms with Crippen molar-refractivity contribution in [1.29, 1.82) is 5.26 Å². The second-order valence-corrected chi connectivity index (χ2v) is 4.75. The van der Waals surface area contributed by atoms with Crippen LogP contribution in [0.3, 0.4) is 0 Å². The van der Waals surface area contributed by atoms with Crippen LogP contribution in [-0.2, 0) is 11.8 Å². The fourth-order valence-corrected chi connectivity index (χ4v) is 2.60. The Balaban J connectivity index is 0.000000741. The molecule has 0 N–H and O–H groups in total. The normalized spacial score (nSPS) is 19.8. The lowest BCUT2D eigenvalue weighted by molar-refractivity contribution is 0.381. The zero-order chi connectivity index (χ0) is 14.9. The van der Waals surface area contributed by atoms with Gasteiger partial charge < -0.3 is 0 Å². The maximum atomic E-state index is 8.93. The Bertz CT molecular complexity index is 414. The van der Waals surface area contributed by atoms with Crippen LogP contribution in [-0.4, -0.2) is 0 Å². The molecule has 0 saturated heterocycles. The topological polar surface area (TPSA) is 23.8 Å². The number of rotatable bonds is 1. The first-order valence-corrected chi connectivity index (χ1v) is 7.73. The minimum atomic E-state index is 0.292. The van der Waals surface area contributed by atoms with Gasteiger partial charge in [0.15, 0.2) is 0 Å². The van der Waals surface area contributed by atoms with Gasteiger partial charge in [-0.05, 0) is 54.4 Å². The molecule has 1 unspecified atom stereocenters. The van der Waals surface area contributed by atoms with Crippen LogP contribution < -0.4 is 0 Å². The van der Waals surface area contributed by atoms with Gasteiger partial charge in [-0.1, -0.05) is 47.6 Å². The van der Waals surface area contributed by atoms with Gasteiger partial charge in [-0.2, -0.15) is 5.26 Å². The maximum Gasteiger partial charge on any atom is 0.0991 e. The van der Waals surface area contributed by atoms with Crippen molar-refractivity contribution in [3.63, 3.8) is 0 Å². The van der Waals surface area contributed by atoms with Crippen LogP contribution in [0.4, 0.5) is 0 Å². The number of hydrogen-bond acceptors (Lipinski definition) is 1. The molecule has 0 heterocycles. The molecule has 0 bridgehead atoms. The summed E-state index contributed by atoms with van der Waals surface area (Å²) in [5, 5.41) is 8.93. The first-order valence-electron chi connectivity index (χ1n) is 7.73. The summed E-state index contributed by atoms with van der Waals surface area (Å²) in [6.45, 7) is 12.6. The lowest BCUT2D eigenvalue weighted by Crippen LogP contribution is -2.26. The van der Waals surface area contributed by atoms with E-state index in [1.807, 2.05) is 33.8 Å². The summed E-state index contributed by atoms with van der Waals surface area (Å²) < 4.78 is 0. The van der Waals surface area contributed by atoms with Gasteiger partial charge in [0.1, 0.15) is 0 Å². The second-order valence-electron chi connectivity index (χ2n) is 4.75. The molecule has 1 aromatic rings. The molecule has 1 nitrogen and oxygen atoms in total. The third kappa shape index (κ3) is 4.10. The fourth-order valence-electron chi connectivity index (χ4n) is 2.60. The molecule has 0 radical (unpaired) electrons. The predicted octanol–water partition coefficient (Wildman–Crippen LogP) is 5.61. The van der Waals surface area contributed by atoms with Gasteiger partial charge in [0.25, 0.3) is 0 Å². The first-order chi connectivity index (χ1) is 9.19. The Morgan fingerprint density at radius 3 is 2.37 bits per heavy atom. The minimum Gasteiger partial charge on any atom is -0.192 e. The van der Waals surface area contributed by atoms with Gasteiger partial charge in [0.05, 0.1) is 11.6 Å². The summed E-state index contributed by atoms with van der Waals surface area (Å²) in [6.07, 6.45) is 4.88. The molecule has 0 aliphatic heterocycles. The van der Waals surface area contributed by atoms with Crippen molar-refractivity contribution >= 4 is 0 Å².